The molecule has 0 amide bonds. The Hall–Kier alpha value is -1.46. The van der Waals surface area contributed by atoms with Gasteiger partial charge in [-0.3, -0.25) is 9.54 Å². The van der Waals surface area contributed by atoms with Gasteiger partial charge in [-0.1, -0.05) is 24.3 Å². The molecule has 4 nitrogen and oxygen atoms in total. The fraction of sp³-hybridized carbons (Fsp3) is 0. The number of aromatic nitrogens is 1. The predicted molar refractivity (Wildman–Crippen MR) is 51.6 cm³/mol. The van der Waals surface area contributed by atoms with Crippen LogP contribution in [-0.4, -0.2) is 18.0 Å². The van der Waals surface area contributed by atoms with Gasteiger partial charge in [0.15, 0.2) is 0 Å². The Bertz CT molecular complexity index is 572. The first-order valence-corrected chi connectivity index (χ1v) is 5.33. The molecule has 0 bridgehead atoms. The van der Waals surface area contributed by atoms with Gasteiger partial charge in [-0.2, -0.15) is 8.42 Å². The second kappa shape index (κ2) is 3.04. The molecule has 0 aliphatic heterocycles. The van der Waals surface area contributed by atoms with Crippen LogP contribution in [0.5, 0.6) is 0 Å². The lowest BCUT2D eigenvalue weighted by atomic mass is 10.2. The number of hydrogen-bond donors (Lipinski definition) is 1. The molecule has 2 aromatic rings. The van der Waals surface area contributed by atoms with Crippen LogP contribution in [0.2, 0.25) is 0 Å². The molecule has 0 saturated heterocycles. The van der Waals surface area contributed by atoms with E-state index in [0.717, 1.165) is 6.20 Å². The largest absolute Gasteiger partial charge is 0.296 e. The maximum absolute atomic E-state index is 11.0. The Kier molecular flexibility index (Phi) is 1.98. The summed E-state index contributed by atoms with van der Waals surface area (Å²) in [5.41, 5.74) is 0. The van der Waals surface area contributed by atoms with Gasteiger partial charge in [-0.15, -0.1) is 0 Å². The highest BCUT2D eigenvalue weighted by Gasteiger charge is 2.13. The molecule has 0 aliphatic rings. The van der Waals surface area contributed by atoms with Gasteiger partial charge in [0.25, 0.3) is 10.1 Å². The number of nitrogens with zero attached hydrogens (tertiary/aromatic N) is 1. The van der Waals surface area contributed by atoms with Gasteiger partial charge in [0.2, 0.25) is 0 Å². The molecule has 1 aromatic heterocycles. The minimum Gasteiger partial charge on any atom is -0.282 e. The second-order valence-corrected chi connectivity index (χ2v) is 4.22. The fourth-order valence-corrected chi connectivity index (χ4v) is 1.95. The van der Waals surface area contributed by atoms with Gasteiger partial charge < -0.3 is 0 Å². The SMILES string of the molecule is O=S(=O)(O)c1cncc2ccccc12. The topological polar surface area (TPSA) is 67.3 Å². The molecule has 5 heteroatoms. The van der Waals surface area contributed by atoms with Crippen LogP contribution in [0.25, 0.3) is 10.8 Å². The molecule has 0 fully saturated rings. The summed E-state index contributed by atoms with van der Waals surface area (Å²) in [7, 11) is -4.19. The second-order valence-electron chi connectivity index (χ2n) is 2.83. The van der Waals surface area contributed by atoms with E-state index in [4.69, 9.17) is 4.55 Å². The maximum Gasteiger partial charge on any atom is 0.296 e. The van der Waals surface area contributed by atoms with Crippen LogP contribution in [0.15, 0.2) is 41.6 Å². The first kappa shape index (κ1) is 9.11. The normalized spacial score (nSPS) is 11.8. The standard InChI is InChI=1S/C9H7NO3S/c11-14(12,13)9-6-10-5-7-3-1-2-4-8(7)9/h1-6H,(H,11,12,13). The molecule has 14 heavy (non-hydrogen) atoms. The van der Waals surface area contributed by atoms with E-state index in [-0.39, 0.29) is 4.90 Å². The summed E-state index contributed by atoms with van der Waals surface area (Å²) in [6.45, 7) is 0. The average Bonchev–Trinajstić information content (AvgIpc) is 2.15. The summed E-state index contributed by atoms with van der Waals surface area (Å²) in [6, 6.07) is 6.84. The van der Waals surface area contributed by atoms with E-state index in [2.05, 4.69) is 4.98 Å². The highest BCUT2D eigenvalue weighted by molar-refractivity contribution is 7.86. The minimum atomic E-state index is -4.19. The Labute approximate surface area is 81.0 Å². The van der Waals surface area contributed by atoms with E-state index in [1.54, 1.807) is 30.5 Å². The van der Waals surface area contributed by atoms with Crippen molar-refractivity contribution < 1.29 is 13.0 Å². The third-order valence-corrected chi connectivity index (χ3v) is 2.79. The third kappa shape index (κ3) is 1.47. The van der Waals surface area contributed by atoms with Crippen molar-refractivity contribution in [2.75, 3.05) is 0 Å². The molecule has 0 aliphatic carbocycles. The summed E-state index contributed by atoms with van der Waals surface area (Å²) < 4.78 is 30.8. The van der Waals surface area contributed by atoms with Gasteiger partial charge in [0, 0.05) is 23.2 Å². The molecule has 1 heterocycles. The molecule has 0 spiro atoms. The van der Waals surface area contributed by atoms with Crippen molar-refractivity contribution in [1.29, 1.82) is 0 Å². The average molecular weight is 209 g/mol. The van der Waals surface area contributed by atoms with Crippen molar-refractivity contribution in [3.05, 3.63) is 36.7 Å². The lowest BCUT2D eigenvalue weighted by Gasteiger charge is -2.01. The van der Waals surface area contributed by atoms with E-state index in [1.165, 1.54) is 0 Å². The van der Waals surface area contributed by atoms with Crippen molar-refractivity contribution in [1.82, 2.24) is 4.98 Å². The lowest BCUT2D eigenvalue weighted by molar-refractivity contribution is 0.484. The highest BCUT2D eigenvalue weighted by atomic mass is 32.2. The zero-order valence-electron chi connectivity index (χ0n) is 7.08. The molecule has 0 saturated carbocycles. The van der Waals surface area contributed by atoms with Crippen LogP contribution in [0.3, 0.4) is 0 Å². The number of rotatable bonds is 1. The summed E-state index contributed by atoms with van der Waals surface area (Å²) in [4.78, 5) is 3.58. The molecule has 2 rings (SSSR count). The van der Waals surface area contributed by atoms with Crippen LogP contribution in [0.4, 0.5) is 0 Å². The smallest absolute Gasteiger partial charge is 0.282 e. The van der Waals surface area contributed by atoms with E-state index >= 15 is 0 Å². The summed E-state index contributed by atoms with van der Waals surface area (Å²) in [5.74, 6) is 0. The summed E-state index contributed by atoms with van der Waals surface area (Å²) in [5, 5.41) is 1.16. The third-order valence-electron chi connectivity index (χ3n) is 1.91. The van der Waals surface area contributed by atoms with Crippen molar-refractivity contribution in [3.63, 3.8) is 0 Å². The number of fused-ring (bicyclic) bond motifs is 1. The summed E-state index contributed by atoms with van der Waals surface area (Å²) >= 11 is 0. The number of hydrogen-bond acceptors (Lipinski definition) is 3. The van der Waals surface area contributed by atoms with Gasteiger partial charge in [-0.05, 0) is 0 Å². The van der Waals surface area contributed by atoms with E-state index in [1.807, 2.05) is 0 Å². The Morgan fingerprint density at radius 1 is 1.14 bits per heavy atom. The zero-order chi connectivity index (χ0) is 10.2. The van der Waals surface area contributed by atoms with E-state index < -0.39 is 10.1 Å². The van der Waals surface area contributed by atoms with Crippen LogP contribution in [0, 0.1) is 0 Å². The first-order chi connectivity index (χ1) is 6.59. The van der Waals surface area contributed by atoms with Crippen LogP contribution in [0.1, 0.15) is 0 Å². The maximum atomic E-state index is 11.0. The fourth-order valence-electron chi connectivity index (χ4n) is 1.29. The molecule has 0 atom stereocenters. The van der Waals surface area contributed by atoms with Crippen molar-refractivity contribution in [2.24, 2.45) is 0 Å². The summed E-state index contributed by atoms with van der Waals surface area (Å²) in [6.07, 6.45) is 2.68. The van der Waals surface area contributed by atoms with Gasteiger partial charge in [-0.25, -0.2) is 0 Å². The molecule has 1 N–H and O–H groups in total. The molecular weight excluding hydrogens is 202 g/mol. The van der Waals surface area contributed by atoms with Crippen LogP contribution < -0.4 is 0 Å². The minimum absolute atomic E-state index is 0.157. The zero-order valence-corrected chi connectivity index (χ0v) is 7.90. The molecule has 0 unspecified atom stereocenters. The first-order valence-electron chi connectivity index (χ1n) is 3.89. The predicted octanol–water partition coefficient (Wildman–Crippen LogP) is 1.48. The van der Waals surface area contributed by atoms with Gasteiger partial charge >= 0.3 is 0 Å². The van der Waals surface area contributed by atoms with Gasteiger partial charge in [0.1, 0.15) is 4.90 Å². The van der Waals surface area contributed by atoms with Crippen molar-refractivity contribution >= 4 is 20.9 Å². The highest BCUT2D eigenvalue weighted by Crippen LogP contribution is 2.20. The van der Waals surface area contributed by atoms with Crippen LogP contribution in [-0.2, 0) is 10.1 Å². The Balaban J connectivity index is 2.92. The Morgan fingerprint density at radius 3 is 2.57 bits per heavy atom. The lowest BCUT2D eigenvalue weighted by Crippen LogP contribution is -1.99. The van der Waals surface area contributed by atoms with Gasteiger partial charge in [0.05, 0.1) is 0 Å². The van der Waals surface area contributed by atoms with E-state index in [0.29, 0.717) is 10.8 Å². The molecule has 72 valence electrons. The molecule has 1 aromatic carbocycles. The Morgan fingerprint density at radius 2 is 1.86 bits per heavy atom. The number of pyridine rings is 1. The van der Waals surface area contributed by atoms with Crippen molar-refractivity contribution in [2.45, 2.75) is 4.90 Å². The number of benzene rings is 1. The quantitative estimate of drug-likeness (QED) is 0.722. The molecule has 0 radical (unpaired) electrons. The molecular formula is C9H7NO3S. The van der Waals surface area contributed by atoms with E-state index in [9.17, 15) is 8.42 Å². The van der Waals surface area contributed by atoms with Crippen LogP contribution >= 0.6 is 0 Å². The monoisotopic (exact) mass is 209 g/mol. The van der Waals surface area contributed by atoms with Crippen molar-refractivity contribution in [3.8, 4) is 0 Å².